The number of carbonyl (C=O) groups is 3. The van der Waals surface area contributed by atoms with Gasteiger partial charge in [0.25, 0.3) is 21.9 Å². The maximum Gasteiger partial charge on any atom is 0.353 e. The first-order chi connectivity index (χ1) is 10.6. The number of amides is 2. The Morgan fingerprint density at radius 1 is 1.39 bits per heavy atom. The molecule has 1 saturated heterocycles. The third-order valence-electron chi connectivity index (χ3n) is 3.19. The van der Waals surface area contributed by atoms with Gasteiger partial charge in [0.05, 0.1) is 7.11 Å². The van der Waals surface area contributed by atoms with Crippen LogP contribution in [0, 0.1) is 5.92 Å². The fraction of sp³-hybridized carbons (Fsp3) is 0.769. The number of thioether (sulfide) groups is 1. The Labute approximate surface area is 139 Å². The second-order valence-corrected chi connectivity index (χ2v) is 8.97. The van der Waals surface area contributed by atoms with Crippen molar-refractivity contribution in [3.8, 4) is 0 Å². The number of nitrogens with zero attached hydrogens (tertiary/aromatic N) is 1. The highest BCUT2D eigenvalue weighted by molar-refractivity contribution is 7.99. The average molecular weight is 367 g/mol. The zero-order valence-electron chi connectivity index (χ0n) is 13.5. The normalized spacial score (nSPS) is 20.2. The van der Waals surface area contributed by atoms with Crippen LogP contribution in [0.25, 0.3) is 0 Å². The summed E-state index contributed by atoms with van der Waals surface area (Å²) in [5.41, 5.74) is 0. The molecule has 1 rings (SSSR count). The van der Waals surface area contributed by atoms with Crippen molar-refractivity contribution in [2.45, 2.75) is 44.1 Å². The quantitative estimate of drug-likeness (QED) is 0.456. The van der Waals surface area contributed by atoms with Crippen molar-refractivity contribution < 1.29 is 31.8 Å². The second kappa shape index (κ2) is 8.11. The molecule has 2 atom stereocenters. The SMILES string of the molecule is COS(=O)(=O)C(CCSC(C)C)C(=O)ON1C(=O)CC(C)C1=O. The van der Waals surface area contributed by atoms with Gasteiger partial charge < -0.3 is 4.84 Å². The van der Waals surface area contributed by atoms with Crippen LogP contribution < -0.4 is 0 Å². The Hall–Kier alpha value is -1.13. The highest BCUT2D eigenvalue weighted by Crippen LogP contribution is 2.22. The average Bonchev–Trinajstić information content (AvgIpc) is 2.69. The van der Waals surface area contributed by atoms with Crippen LogP contribution in [0.4, 0.5) is 0 Å². The number of hydroxylamine groups is 2. The van der Waals surface area contributed by atoms with Crippen LogP contribution in [0.3, 0.4) is 0 Å². The van der Waals surface area contributed by atoms with E-state index in [-0.39, 0.29) is 18.1 Å². The molecule has 0 aliphatic carbocycles. The Bertz CT molecular complexity index is 573. The molecule has 2 amide bonds. The molecule has 132 valence electrons. The first-order valence-electron chi connectivity index (χ1n) is 7.09. The van der Waals surface area contributed by atoms with E-state index in [1.54, 1.807) is 0 Å². The third kappa shape index (κ3) is 5.18. The Morgan fingerprint density at radius 2 is 2.00 bits per heavy atom. The van der Waals surface area contributed by atoms with E-state index in [2.05, 4.69) is 4.18 Å². The fourth-order valence-corrected chi connectivity index (χ4v) is 3.82. The van der Waals surface area contributed by atoms with Crippen LogP contribution in [0.15, 0.2) is 0 Å². The van der Waals surface area contributed by atoms with Gasteiger partial charge in [-0.2, -0.15) is 20.2 Å². The molecule has 0 aromatic heterocycles. The van der Waals surface area contributed by atoms with Gasteiger partial charge in [-0.25, -0.2) is 4.79 Å². The maximum absolute atomic E-state index is 12.1. The molecule has 23 heavy (non-hydrogen) atoms. The van der Waals surface area contributed by atoms with Crippen molar-refractivity contribution in [1.29, 1.82) is 0 Å². The van der Waals surface area contributed by atoms with Gasteiger partial charge in [-0.15, -0.1) is 5.06 Å². The van der Waals surface area contributed by atoms with E-state index in [4.69, 9.17) is 4.84 Å². The Kier molecular flexibility index (Phi) is 7.02. The predicted molar refractivity (Wildman–Crippen MR) is 83.7 cm³/mol. The predicted octanol–water partition coefficient (Wildman–Crippen LogP) is 0.716. The summed E-state index contributed by atoms with van der Waals surface area (Å²) in [6, 6.07) is 0. The minimum Gasteiger partial charge on any atom is -0.329 e. The highest BCUT2D eigenvalue weighted by Gasteiger charge is 2.42. The summed E-state index contributed by atoms with van der Waals surface area (Å²) in [5.74, 6) is -2.72. The minimum absolute atomic E-state index is 0.0381. The monoisotopic (exact) mass is 367 g/mol. The molecule has 0 N–H and O–H groups in total. The first kappa shape index (κ1) is 19.9. The molecular formula is C13H21NO7S2. The van der Waals surface area contributed by atoms with Crippen LogP contribution in [-0.4, -0.2) is 54.6 Å². The van der Waals surface area contributed by atoms with Crippen LogP contribution in [0.2, 0.25) is 0 Å². The van der Waals surface area contributed by atoms with Crippen molar-refractivity contribution in [3.05, 3.63) is 0 Å². The summed E-state index contributed by atoms with van der Waals surface area (Å²) in [6.07, 6.45) is -0.110. The van der Waals surface area contributed by atoms with E-state index in [0.29, 0.717) is 10.8 Å². The van der Waals surface area contributed by atoms with E-state index in [1.807, 2.05) is 13.8 Å². The van der Waals surface area contributed by atoms with Gasteiger partial charge in [0, 0.05) is 12.3 Å². The van der Waals surface area contributed by atoms with E-state index in [0.717, 1.165) is 7.11 Å². The molecule has 10 heteroatoms. The number of hydrogen-bond acceptors (Lipinski definition) is 8. The molecule has 2 unspecified atom stereocenters. The fourth-order valence-electron chi connectivity index (χ4n) is 1.91. The summed E-state index contributed by atoms with van der Waals surface area (Å²) in [4.78, 5) is 40.2. The standard InChI is InChI=1S/C13H21NO7S2/c1-8(2)22-6-5-10(23(18,19)20-4)13(17)21-14-11(15)7-9(3)12(14)16/h8-10H,5-7H2,1-4H3. The minimum atomic E-state index is -4.18. The molecule has 8 nitrogen and oxygen atoms in total. The second-order valence-electron chi connectivity index (χ2n) is 5.40. The van der Waals surface area contributed by atoms with E-state index < -0.39 is 39.1 Å². The molecule has 1 aliphatic heterocycles. The molecule has 0 aromatic rings. The summed E-state index contributed by atoms with van der Waals surface area (Å²) in [6.45, 7) is 5.40. The summed E-state index contributed by atoms with van der Waals surface area (Å²) in [7, 11) is -3.24. The first-order valence-corrected chi connectivity index (χ1v) is 9.61. The van der Waals surface area contributed by atoms with Gasteiger partial charge in [0.2, 0.25) is 0 Å². The van der Waals surface area contributed by atoms with Gasteiger partial charge in [0.15, 0.2) is 5.25 Å². The molecule has 1 heterocycles. The lowest BCUT2D eigenvalue weighted by molar-refractivity contribution is -0.197. The zero-order chi connectivity index (χ0) is 17.8. The smallest absolute Gasteiger partial charge is 0.329 e. The van der Waals surface area contributed by atoms with Crippen molar-refractivity contribution in [1.82, 2.24) is 5.06 Å². The van der Waals surface area contributed by atoms with Crippen LogP contribution in [0.1, 0.15) is 33.6 Å². The van der Waals surface area contributed by atoms with Crippen LogP contribution in [0.5, 0.6) is 0 Å². The number of imide groups is 1. The molecule has 1 aliphatic rings. The Morgan fingerprint density at radius 3 is 2.43 bits per heavy atom. The van der Waals surface area contributed by atoms with Crippen molar-refractivity contribution in [2.75, 3.05) is 12.9 Å². The molecule has 0 spiro atoms. The highest BCUT2D eigenvalue weighted by atomic mass is 32.2. The van der Waals surface area contributed by atoms with E-state index >= 15 is 0 Å². The lowest BCUT2D eigenvalue weighted by Gasteiger charge is -2.18. The Balaban J connectivity index is 2.83. The van der Waals surface area contributed by atoms with E-state index in [9.17, 15) is 22.8 Å². The molecule has 0 aromatic carbocycles. The van der Waals surface area contributed by atoms with E-state index in [1.165, 1.54) is 18.7 Å². The molecule has 0 radical (unpaired) electrons. The van der Waals surface area contributed by atoms with Crippen LogP contribution >= 0.6 is 11.8 Å². The number of rotatable bonds is 8. The molecule has 1 fully saturated rings. The van der Waals surface area contributed by atoms with Gasteiger partial charge in [-0.1, -0.05) is 20.8 Å². The number of carbonyl (C=O) groups excluding carboxylic acids is 3. The summed E-state index contributed by atoms with van der Waals surface area (Å²) >= 11 is 1.47. The third-order valence-corrected chi connectivity index (χ3v) is 5.91. The zero-order valence-corrected chi connectivity index (χ0v) is 15.1. The van der Waals surface area contributed by atoms with Gasteiger partial charge >= 0.3 is 5.97 Å². The lowest BCUT2D eigenvalue weighted by Crippen LogP contribution is -2.40. The molecule has 0 saturated carbocycles. The number of hydrogen-bond donors (Lipinski definition) is 0. The van der Waals surface area contributed by atoms with Gasteiger partial charge in [0.1, 0.15) is 0 Å². The lowest BCUT2D eigenvalue weighted by atomic mass is 10.1. The summed E-state index contributed by atoms with van der Waals surface area (Å²) in [5, 5.41) is -0.976. The van der Waals surface area contributed by atoms with Gasteiger partial charge in [-0.05, 0) is 17.4 Å². The van der Waals surface area contributed by atoms with Crippen molar-refractivity contribution >= 4 is 39.7 Å². The largest absolute Gasteiger partial charge is 0.353 e. The van der Waals surface area contributed by atoms with Crippen molar-refractivity contribution in [2.24, 2.45) is 5.92 Å². The topological polar surface area (TPSA) is 107 Å². The maximum atomic E-state index is 12.1. The summed E-state index contributed by atoms with van der Waals surface area (Å²) < 4.78 is 28.2. The van der Waals surface area contributed by atoms with Gasteiger partial charge in [-0.3, -0.25) is 13.8 Å². The molecular weight excluding hydrogens is 346 g/mol. The van der Waals surface area contributed by atoms with Crippen LogP contribution in [-0.2, 0) is 33.5 Å². The molecule has 0 bridgehead atoms. The van der Waals surface area contributed by atoms with Crippen molar-refractivity contribution in [3.63, 3.8) is 0 Å².